The van der Waals surface area contributed by atoms with Crippen LogP contribution in [0.25, 0.3) is 0 Å². The number of aliphatic carboxylic acids is 1. The Kier molecular flexibility index (Phi) is 29.9. The van der Waals surface area contributed by atoms with Crippen LogP contribution in [-0.4, -0.2) is 148 Å². The quantitative estimate of drug-likeness (QED) is 0.0288. The zero-order chi connectivity index (χ0) is 62.7. The van der Waals surface area contributed by atoms with Crippen molar-refractivity contribution in [1.29, 1.82) is 0 Å². The van der Waals surface area contributed by atoms with Gasteiger partial charge in [0.15, 0.2) is 0 Å². The molecular formula is C65H93N9O10S2. The number of thiazole rings is 1. The standard InChI is InChI=1S/C65H93N9O10S2/c1-9-44(4)58(71-61(79)52-29-22-25-36-72(52)6)64(81)73(7)53(43(2)3)40-54(84-8)62-70-51(42-85-62)60(78)68-48(38-45(5)65(82)83)39-46-31-33-47(34-32-46)67-59(77)50(28-21-23-35-66)69-56(75)30-20-17-24-37-74-57(76)41-55(63(74)80)86-49-26-18-15-13-11-10-12-14-16-19-27-49/h10-16,18-19,26-27,31-34,42-45,48,50,52-55,58H,9,17,20-25,28-30,35-41,66H2,1-8H3,(H,67,77)(H,68,78)(H,69,75)(H,71,79)(H,82,83)/b11-10-,12-10?,13-11?,14-12-,15-13-,16-14?,18-15?,19-16-,26-18-,27-19?,49-26?,49-27+/t44-,45?,48+,50-,52+,53+,54+,55?,58-/m0/s1. The van der Waals surface area contributed by atoms with Gasteiger partial charge in [-0.05, 0) is 120 Å². The SMILES string of the molecule is CC[C@H](C)[C@H](NC(=O)[C@H]1CCCCN1C)C(=O)N(C)[C@H](C[C@@H](OC)c1nc(C(=O)N[C@@H](Cc2ccc(NC(=O)[C@H](CCCCN)NC(=O)CCCCCN3C(=O)CC(SC4=C/C=C\C=C/C=C\C=C/C=C\4)C3=O)cc2)CC(C)C(=O)O)cs1)C(C)C. The number of likely N-dealkylation sites (tertiary alicyclic amines) is 2. The molecule has 19 nitrogen and oxygen atoms in total. The molecule has 2 aromatic rings. The number of hydrogen-bond acceptors (Lipinski definition) is 14. The number of nitrogens with one attached hydrogen (secondary N) is 4. The maximum atomic E-state index is 14.3. The highest BCUT2D eigenvalue weighted by atomic mass is 32.2. The number of thioether (sulfide) groups is 1. The molecule has 0 spiro atoms. The summed E-state index contributed by atoms with van der Waals surface area (Å²) in [6.07, 6.45) is 28.2. The molecule has 86 heavy (non-hydrogen) atoms. The predicted molar refractivity (Wildman–Crippen MR) is 341 cm³/mol. The van der Waals surface area contributed by atoms with E-state index in [2.05, 4.69) is 26.2 Å². The Morgan fingerprint density at radius 1 is 0.884 bits per heavy atom. The predicted octanol–water partition coefficient (Wildman–Crippen LogP) is 8.82. The van der Waals surface area contributed by atoms with E-state index in [1.54, 1.807) is 55.6 Å². The Morgan fingerprint density at radius 3 is 2.23 bits per heavy atom. The van der Waals surface area contributed by atoms with E-state index in [1.165, 1.54) is 28.0 Å². The van der Waals surface area contributed by atoms with Crippen molar-refractivity contribution < 1.29 is 48.2 Å². The second-order valence-electron chi connectivity index (χ2n) is 23.1. The Labute approximate surface area is 517 Å². The number of likely N-dealkylation sites (N-methyl/N-ethyl adjacent to an activating group) is 2. The molecule has 9 atom stereocenters. The fourth-order valence-corrected chi connectivity index (χ4v) is 12.6. The first-order valence-corrected chi connectivity index (χ1v) is 32.2. The molecule has 2 saturated heterocycles. The first-order chi connectivity index (χ1) is 41.2. The van der Waals surface area contributed by atoms with Gasteiger partial charge in [-0.1, -0.05) is 121 Å². The lowest BCUT2D eigenvalue weighted by molar-refractivity contribution is -0.142. The number of ether oxygens (including phenoxy) is 1. The molecule has 7 N–H and O–H groups in total. The maximum absolute atomic E-state index is 14.3. The minimum Gasteiger partial charge on any atom is -0.481 e. The Morgan fingerprint density at radius 2 is 1.58 bits per heavy atom. The van der Waals surface area contributed by atoms with Crippen molar-refractivity contribution in [1.82, 2.24) is 35.6 Å². The third-order valence-electron chi connectivity index (χ3n) is 16.1. The number of allylic oxidation sites excluding steroid dienone is 11. The highest BCUT2D eigenvalue weighted by Crippen LogP contribution is 2.33. The second kappa shape index (κ2) is 36.6. The van der Waals surface area contributed by atoms with Crippen LogP contribution in [0.4, 0.5) is 5.69 Å². The lowest BCUT2D eigenvalue weighted by Crippen LogP contribution is -2.58. The van der Waals surface area contributed by atoms with Crippen molar-refractivity contribution in [3.8, 4) is 0 Å². The van der Waals surface area contributed by atoms with Crippen molar-refractivity contribution in [2.75, 3.05) is 46.2 Å². The molecule has 7 amide bonds. The lowest BCUT2D eigenvalue weighted by Gasteiger charge is -2.38. The van der Waals surface area contributed by atoms with Crippen molar-refractivity contribution in [2.45, 2.75) is 172 Å². The number of aromatic nitrogens is 1. The molecule has 2 unspecified atom stereocenters. The van der Waals surface area contributed by atoms with Crippen LogP contribution < -0.4 is 27.0 Å². The Hall–Kier alpha value is -6.52. The van der Waals surface area contributed by atoms with Crippen molar-refractivity contribution in [3.05, 3.63) is 118 Å². The van der Waals surface area contributed by atoms with Crippen molar-refractivity contribution >= 4 is 76.1 Å². The number of hydrogen-bond donors (Lipinski definition) is 6. The first kappa shape index (κ1) is 70.2. The van der Waals surface area contributed by atoms with E-state index in [0.717, 1.165) is 36.3 Å². The molecule has 5 rings (SSSR count). The van der Waals surface area contributed by atoms with Gasteiger partial charge < -0.3 is 41.7 Å². The third kappa shape index (κ3) is 22.3. The van der Waals surface area contributed by atoms with Gasteiger partial charge in [-0.2, -0.15) is 0 Å². The zero-order valence-corrected chi connectivity index (χ0v) is 53.2. The summed E-state index contributed by atoms with van der Waals surface area (Å²) >= 11 is 2.63. The minimum absolute atomic E-state index is 0.000282. The highest BCUT2D eigenvalue weighted by molar-refractivity contribution is 8.04. The molecule has 1 aromatic heterocycles. The van der Waals surface area contributed by atoms with Crippen LogP contribution in [0.2, 0.25) is 0 Å². The van der Waals surface area contributed by atoms with E-state index in [1.807, 2.05) is 102 Å². The molecule has 2 fully saturated rings. The number of carboxylic acid groups (broad SMARTS) is 1. The van der Waals surface area contributed by atoms with Gasteiger partial charge in [0.05, 0.1) is 17.2 Å². The fraction of sp³-hybridized carbons (Fsp3) is 0.554. The van der Waals surface area contributed by atoms with Crippen LogP contribution in [0.3, 0.4) is 0 Å². The van der Waals surface area contributed by atoms with Crippen molar-refractivity contribution in [2.24, 2.45) is 23.5 Å². The number of unbranched alkanes of at least 4 members (excludes halogenated alkanes) is 3. The van der Waals surface area contributed by atoms with Gasteiger partial charge in [-0.15, -0.1) is 23.1 Å². The summed E-state index contributed by atoms with van der Waals surface area (Å²) in [5, 5.41) is 23.5. The van der Waals surface area contributed by atoms with E-state index >= 15 is 0 Å². The molecule has 2 aliphatic heterocycles. The Bertz CT molecular complexity index is 2770. The van der Waals surface area contributed by atoms with Gasteiger partial charge in [-0.25, -0.2) is 4.98 Å². The Balaban J connectivity index is 1.14. The number of amides is 7. The maximum Gasteiger partial charge on any atom is 0.306 e. The largest absolute Gasteiger partial charge is 0.481 e. The molecule has 3 heterocycles. The van der Waals surface area contributed by atoms with E-state index < -0.39 is 53.2 Å². The smallest absolute Gasteiger partial charge is 0.306 e. The van der Waals surface area contributed by atoms with Crippen LogP contribution in [-0.2, 0) is 44.7 Å². The molecule has 0 bridgehead atoms. The van der Waals surface area contributed by atoms with Crippen LogP contribution in [0, 0.1) is 17.8 Å². The molecule has 470 valence electrons. The lowest BCUT2D eigenvalue weighted by atomic mass is 9.92. The number of imide groups is 1. The molecule has 1 aromatic carbocycles. The van der Waals surface area contributed by atoms with Gasteiger partial charge in [0.1, 0.15) is 28.9 Å². The first-order valence-electron chi connectivity index (χ1n) is 30.5. The molecule has 0 radical (unpaired) electrons. The number of nitrogens with zero attached hydrogens (tertiary/aromatic N) is 4. The number of carboxylic acids is 1. The summed E-state index contributed by atoms with van der Waals surface area (Å²) in [6.45, 7) is 11.2. The fourth-order valence-electron chi connectivity index (χ4n) is 10.7. The molecule has 0 saturated carbocycles. The average Bonchev–Trinajstić information content (AvgIpc) is 2.32. The molecule has 3 aliphatic rings. The van der Waals surface area contributed by atoms with Gasteiger partial charge in [0.2, 0.25) is 35.4 Å². The van der Waals surface area contributed by atoms with Crippen LogP contribution >= 0.6 is 23.1 Å². The second-order valence-corrected chi connectivity index (χ2v) is 25.2. The number of nitrogens with two attached hydrogens (primary N) is 1. The summed E-state index contributed by atoms with van der Waals surface area (Å²) in [5.74, 6) is -3.82. The van der Waals surface area contributed by atoms with Gasteiger partial charge >= 0.3 is 5.97 Å². The van der Waals surface area contributed by atoms with Crippen LogP contribution in [0.15, 0.2) is 101 Å². The van der Waals surface area contributed by atoms with Gasteiger partial charge in [0, 0.05) is 68.0 Å². The van der Waals surface area contributed by atoms with E-state index in [4.69, 9.17) is 15.5 Å². The van der Waals surface area contributed by atoms with Crippen LogP contribution in [0.5, 0.6) is 0 Å². The van der Waals surface area contributed by atoms with Crippen molar-refractivity contribution in [3.63, 3.8) is 0 Å². The highest BCUT2D eigenvalue weighted by Gasteiger charge is 2.40. The number of carbonyl (C=O) groups excluding carboxylic acids is 7. The summed E-state index contributed by atoms with van der Waals surface area (Å²) < 4.78 is 5.98. The summed E-state index contributed by atoms with van der Waals surface area (Å²) in [6, 6.07) is 4.27. The van der Waals surface area contributed by atoms with E-state index in [0.29, 0.717) is 68.6 Å². The number of rotatable bonds is 33. The van der Waals surface area contributed by atoms with E-state index in [9.17, 15) is 43.5 Å². The van der Waals surface area contributed by atoms with Crippen LogP contribution in [0.1, 0.15) is 152 Å². The number of piperidine rings is 1. The number of carbonyl (C=O) groups is 8. The number of benzene rings is 1. The zero-order valence-electron chi connectivity index (χ0n) is 51.5. The normalized spacial score (nSPS) is 21.4. The summed E-state index contributed by atoms with van der Waals surface area (Å²) in [7, 11) is 5.28. The monoisotopic (exact) mass is 1220 g/mol. The van der Waals surface area contributed by atoms with Gasteiger partial charge in [0.25, 0.3) is 5.91 Å². The van der Waals surface area contributed by atoms with E-state index in [-0.39, 0.29) is 91.4 Å². The topological polar surface area (TPSA) is 263 Å². The minimum atomic E-state index is -1.01. The summed E-state index contributed by atoms with van der Waals surface area (Å²) in [4.78, 5) is 118. The average molecular weight is 1220 g/mol. The summed E-state index contributed by atoms with van der Waals surface area (Å²) in [5.41, 5.74) is 7.16. The molecule has 21 heteroatoms. The number of methoxy groups -OCH3 is 1. The third-order valence-corrected chi connectivity index (χ3v) is 18.2. The molecule has 1 aliphatic carbocycles. The number of anilines is 1. The van der Waals surface area contributed by atoms with Gasteiger partial charge in [-0.3, -0.25) is 48.2 Å². The molecular weight excluding hydrogens is 1130 g/mol.